The van der Waals surface area contributed by atoms with Crippen LogP contribution in [0.25, 0.3) is 17.1 Å². The highest BCUT2D eigenvalue weighted by atomic mass is 35.5. The Morgan fingerprint density at radius 2 is 1.97 bits per heavy atom. The van der Waals surface area contributed by atoms with Crippen LogP contribution in [0.1, 0.15) is 42.3 Å². The van der Waals surface area contributed by atoms with Crippen LogP contribution < -0.4 is 4.74 Å². The van der Waals surface area contributed by atoms with Gasteiger partial charge < -0.3 is 24.5 Å². The van der Waals surface area contributed by atoms with E-state index >= 15 is 0 Å². The van der Waals surface area contributed by atoms with Gasteiger partial charge in [-0.25, -0.2) is 9.78 Å². The Kier molecular flexibility index (Phi) is 6.13. The summed E-state index contributed by atoms with van der Waals surface area (Å²) in [6, 6.07) is 6.61. The summed E-state index contributed by atoms with van der Waals surface area (Å²) in [5, 5.41) is 11.8. The van der Waals surface area contributed by atoms with Gasteiger partial charge in [0.25, 0.3) is 0 Å². The number of amides is 1. The van der Waals surface area contributed by atoms with E-state index in [2.05, 4.69) is 14.9 Å². The lowest BCUT2D eigenvalue weighted by Gasteiger charge is -2.35. The van der Waals surface area contributed by atoms with Crippen molar-refractivity contribution in [3.05, 3.63) is 58.1 Å². The number of fused-ring (bicyclic) bond motifs is 2. The van der Waals surface area contributed by atoms with E-state index in [1.807, 2.05) is 26.8 Å². The van der Waals surface area contributed by atoms with Crippen LogP contribution in [0.3, 0.4) is 0 Å². The van der Waals surface area contributed by atoms with Crippen molar-refractivity contribution in [2.75, 3.05) is 26.2 Å². The number of ketones is 1. The number of aromatic nitrogens is 2. The van der Waals surface area contributed by atoms with Gasteiger partial charge in [0.15, 0.2) is 5.76 Å². The maximum Gasteiger partial charge on any atom is 0.410 e. The van der Waals surface area contributed by atoms with Gasteiger partial charge in [0.1, 0.15) is 27.9 Å². The molecule has 0 saturated carbocycles. The number of ether oxygens (including phenoxy) is 2. The quantitative estimate of drug-likeness (QED) is 0.392. The summed E-state index contributed by atoms with van der Waals surface area (Å²) in [6.07, 6.45) is 3.07. The molecule has 1 fully saturated rings. The molecule has 2 aromatic heterocycles. The van der Waals surface area contributed by atoms with Crippen molar-refractivity contribution in [2.45, 2.75) is 32.9 Å². The average molecular weight is 511 g/mol. The lowest BCUT2D eigenvalue weighted by atomic mass is 10.0. The van der Waals surface area contributed by atoms with Gasteiger partial charge in [-0.1, -0.05) is 11.6 Å². The number of phenolic OH excluding ortho intramolecular Hbond substituents is 1. The predicted molar refractivity (Wildman–Crippen MR) is 135 cm³/mol. The van der Waals surface area contributed by atoms with E-state index in [1.165, 1.54) is 6.07 Å². The van der Waals surface area contributed by atoms with Crippen LogP contribution in [-0.2, 0) is 11.3 Å². The Balaban J connectivity index is 1.33. The lowest BCUT2D eigenvalue weighted by Crippen LogP contribution is -2.49. The van der Waals surface area contributed by atoms with E-state index in [1.54, 1.807) is 29.3 Å². The summed E-state index contributed by atoms with van der Waals surface area (Å²) < 4.78 is 11.5. The molecular weight excluding hydrogens is 484 g/mol. The van der Waals surface area contributed by atoms with E-state index in [0.717, 1.165) is 10.9 Å². The van der Waals surface area contributed by atoms with Gasteiger partial charge in [-0.05, 0) is 51.1 Å². The predicted octanol–water partition coefficient (Wildman–Crippen LogP) is 4.59. The standard InChI is InChI=1S/C26H27ClN4O5/c1-26(2,3)36-25(34)31-10-8-30(9-11-31)14-18-19(32)6-4-17-22(33)20(35-23(17)18)12-15-13-28-24-16(15)5-7-21(27)29-24/h4-7,12-13,32H,8-11,14H2,1-3H3,(H,28,29). The first kappa shape index (κ1) is 24.1. The Hall–Kier alpha value is -3.56. The van der Waals surface area contributed by atoms with E-state index < -0.39 is 5.60 Å². The monoisotopic (exact) mass is 510 g/mol. The smallest absolute Gasteiger partial charge is 0.410 e. The Morgan fingerprint density at radius 1 is 1.22 bits per heavy atom. The number of hydrogen-bond acceptors (Lipinski definition) is 7. The van der Waals surface area contributed by atoms with Crippen molar-refractivity contribution in [3.8, 4) is 11.5 Å². The molecule has 2 aliphatic rings. The number of aromatic amines is 1. The highest BCUT2D eigenvalue weighted by molar-refractivity contribution is 6.29. The summed E-state index contributed by atoms with van der Waals surface area (Å²) in [4.78, 5) is 36.5. The van der Waals surface area contributed by atoms with Gasteiger partial charge in [-0.3, -0.25) is 9.69 Å². The third-order valence-electron chi connectivity index (χ3n) is 6.15. The first-order valence-electron chi connectivity index (χ1n) is 11.7. The molecule has 1 saturated heterocycles. The van der Waals surface area contributed by atoms with Crippen LogP contribution in [-0.4, -0.2) is 68.5 Å². The number of nitrogens with one attached hydrogen (secondary N) is 1. The molecule has 9 nitrogen and oxygen atoms in total. The summed E-state index contributed by atoms with van der Waals surface area (Å²) >= 11 is 5.96. The molecule has 5 rings (SSSR count). The Morgan fingerprint density at radius 3 is 2.69 bits per heavy atom. The summed E-state index contributed by atoms with van der Waals surface area (Å²) in [6.45, 7) is 8.13. The molecule has 2 aliphatic heterocycles. The third kappa shape index (κ3) is 4.76. The fourth-order valence-corrected chi connectivity index (χ4v) is 4.50. The maximum absolute atomic E-state index is 13.1. The topological polar surface area (TPSA) is 108 Å². The number of aromatic hydroxyl groups is 1. The molecular formula is C26H27ClN4O5. The number of hydrogen-bond donors (Lipinski definition) is 2. The van der Waals surface area contributed by atoms with Crippen molar-refractivity contribution in [3.63, 3.8) is 0 Å². The van der Waals surface area contributed by atoms with Gasteiger partial charge in [0.2, 0.25) is 5.78 Å². The zero-order chi connectivity index (χ0) is 25.6. The molecule has 1 aromatic carbocycles. The number of carbonyl (C=O) groups excluding carboxylic acids is 2. The van der Waals surface area contributed by atoms with E-state index in [4.69, 9.17) is 21.1 Å². The number of phenols is 1. The zero-order valence-electron chi connectivity index (χ0n) is 20.3. The molecule has 0 radical (unpaired) electrons. The van der Waals surface area contributed by atoms with Gasteiger partial charge in [-0.2, -0.15) is 0 Å². The number of benzene rings is 1. The SMILES string of the molecule is CC(C)(C)OC(=O)N1CCN(Cc2c(O)ccc3c2OC(=Cc2c[nH]c4nc(Cl)ccc24)C3=O)CC1. The number of allylic oxidation sites excluding steroid dienone is 1. The molecule has 188 valence electrons. The molecule has 0 unspecified atom stereocenters. The summed E-state index contributed by atoms with van der Waals surface area (Å²) in [5.41, 5.74) is 1.76. The molecule has 10 heteroatoms. The van der Waals surface area contributed by atoms with Gasteiger partial charge in [0.05, 0.1) is 11.1 Å². The molecule has 4 heterocycles. The molecule has 0 aliphatic carbocycles. The fourth-order valence-electron chi connectivity index (χ4n) is 4.35. The van der Waals surface area contributed by atoms with Crippen LogP contribution in [0.4, 0.5) is 4.79 Å². The fraction of sp³-hybridized carbons (Fsp3) is 0.346. The van der Waals surface area contributed by atoms with Crippen LogP contribution in [0.2, 0.25) is 5.15 Å². The second-order valence-electron chi connectivity index (χ2n) is 9.90. The van der Waals surface area contributed by atoms with Crippen molar-refractivity contribution in [1.82, 2.24) is 19.8 Å². The van der Waals surface area contributed by atoms with Crippen molar-refractivity contribution >= 4 is 40.6 Å². The summed E-state index contributed by atoms with van der Waals surface area (Å²) in [5.74, 6) is 0.338. The molecule has 0 bridgehead atoms. The number of Topliss-reactive ketones (excluding diaryl/α,β-unsaturated/α-hetero) is 1. The molecule has 0 atom stereocenters. The summed E-state index contributed by atoms with van der Waals surface area (Å²) in [7, 11) is 0. The lowest BCUT2D eigenvalue weighted by molar-refractivity contribution is 0.0138. The van der Waals surface area contributed by atoms with Crippen molar-refractivity contribution in [1.29, 1.82) is 0 Å². The number of H-pyrrole nitrogens is 1. The number of halogens is 1. The minimum absolute atomic E-state index is 0.0586. The number of rotatable bonds is 3. The second-order valence-corrected chi connectivity index (χ2v) is 10.3. The van der Waals surface area contributed by atoms with Gasteiger partial charge in [-0.15, -0.1) is 0 Å². The van der Waals surface area contributed by atoms with Crippen molar-refractivity contribution < 1.29 is 24.2 Å². The number of carbonyl (C=O) groups is 2. The zero-order valence-corrected chi connectivity index (χ0v) is 21.1. The van der Waals surface area contributed by atoms with Crippen LogP contribution >= 0.6 is 11.6 Å². The first-order chi connectivity index (χ1) is 17.1. The van der Waals surface area contributed by atoms with E-state index in [-0.39, 0.29) is 23.4 Å². The maximum atomic E-state index is 13.1. The van der Waals surface area contributed by atoms with Crippen LogP contribution in [0, 0.1) is 0 Å². The third-order valence-corrected chi connectivity index (χ3v) is 6.36. The first-order valence-corrected chi connectivity index (χ1v) is 12.1. The van der Waals surface area contributed by atoms with Crippen LogP contribution in [0.5, 0.6) is 11.5 Å². The van der Waals surface area contributed by atoms with Gasteiger partial charge >= 0.3 is 6.09 Å². The molecule has 36 heavy (non-hydrogen) atoms. The molecule has 3 aromatic rings. The second kappa shape index (κ2) is 9.15. The minimum atomic E-state index is -0.546. The molecule has 1 amide bonds. The highest BCUT2D eigenvalue weighted by Gasteiger charge is 2.33. The largest absolute Gasteiger partial charge is 0.507 e. The van der Waals surface area contributed by atoms with Crippen LogP contribution in [0.15, 0.2) is 36.2 Å². The van der Waals surface area contributed by atoms with E-state index in [9.17, 15) is 14.7 Å². The normalized spacial score (nSPS) is 17.5. The minimum Gasteiger partial charge on any atom is -0.507 e. The number of pyridine rings is 1. The Bertz CT molecular complexity index is 1380. The van der Waals surface area contributed by atoms with Gasteiger partial charge in [0, 0.05) is 49.9 Å². The Labute approximate surface area is 213 Å². The molecule has 0 spiro atoms. The number of nitrogens with zero attached hydrogens (tertiary/aromatic N) is 3. The molecule has 2 N–H and O–H groups in total. The van der Waals surface area contributed by atoms with E-state index in [0.29, 0.717) is 60.4 Å². The average Bonchev–Trinajstić information content (AvgIpc) is 3.35. The number of piperazine rings is 1. The highest BCUT2D eigenvalue weighted by Crippen LogP contribution is 2.40. The van der Waals surface area contributed by atoms with Crippen molar-refractivity contribution in [2.24, 2.45) is 0 Å².